The molecule has 0 rings (SSSR count). The first kappa shape index (κ1) is 68.9. The van der Waals surface area contributed by atoms with Crippen LogP contribution in [-0.4, -0.2) is 0 Å². The fourth-order valence-electron chi connectivity index (χ4n) is 1.22. The smallest absolute Gasteiger partial charge is 0.0385 e. The van der Waals surface area contributed by atoms with Gasteiger partial charge in [0.15, 0.2) is 0 Å². The Bertz CT molecular complexity index is 366. The van der Waals surface area contributed by atoms with Gasteiger partial charge in [0.2, 0.25) is 0 Å². The van der Waals surface area contributed by atoms with Gasteiger partial charge in [-0.25, -0.2) is 0 Å². The monoisotopic (exact) mass is 677 g/mol. The molecule has 0 aromatic carbocycles. The summed E-state index contributed by atoms with van der Waals surface area (Å²) < 4.78 is 0. The Labute approximate surface area is 310 Å². The molecule has 0 radical (unpaired) electrons. The fourth-order valence-corrected chi connectivity index (χ4v) is 1.22. The molecule has 0 aliphatic heterocycles. The van der Waals surface area contributed by atoms with Crippen molar-refractivity contribution in [2.75, 3.05) is 0 Å². The van der Waals surface area contributed by atoms with E-state index in [0.29, 0.717) is 10.8 Å². The zero-order valence-electron chi connectivity index (χ0n) is 40.1. The summed E-state index contributed by atoms with van der Waals surface area (Å²) in [7, 11) is 0. The van der Waals surface area contributed by atoms with Crippen LogP contribution < -0.4 is 0 Å². The molecule has 0 aliphatic rings. The summed E-state index contributed by atoms with van der Waals surface area (Å²) in [6.07, 6.45) is 17.2. The lowest BCUT2D eigenvalue weighted by Gasteiger charge is -2.12. The van der Waals surface area contributed by atoms with Crippen molar-refractivity contribution in [3.8, 4) is 0 Å². The molecular weight excluding hydrogens is 565 g/mol. The minimum Gasteiger partial charge on any atom is -0.0654 e. The second-order valence-corrected chi connectivity index (χ2v) is 17.6. The molecule has 300 valence electrons. The molecule has 0 heteroatoms. The van der Waals surface area contributed by atoms with Crippen LogP contribution in [0.3, 0.4) is 0 Å². The molecule has 0 N–H and O–H groups in total. The Morgan fingerprint density at radius 3 is 0.553 bits per heavy atom. The van der Waals surface area contributed by atoms with E-state index in [1.165, 1.54) is 83.5 Å². The molecule has 0 nitrogen and oxygen atoms in total. The van der Waals surface area contributed by atoms with Crippen molar-refractivity contribution < 1.29 is 0 Å². The van der Waals surface area contributed by atoms with Gasteiger partial charge in [-0.2, -0.15) is 0 Å². The molecule has 0 atom stereocenters. The number of rotatable bonds is 9. The maximum Gasteiger partial charge on any atom is -0.0385 e. The van der Waals surface area contributed by atoms with Crippen LogP contribution in [0.4, 0.5) is 0 Å². The van der Waals surface area contributed by atoms with E-state index in [9.17, 15) is 0 Å². The van der Waals surface area contributed by atoms with Crippen LogP contribution in [0.1, 0.15) is 270 Å². The van der Waals surface area contributed by atoms with Gasteiger partial charge in [-0.1, -0.05) is 270 Å². The van der Waals surface area contributed by atoms with Gasteiger partial charge in [-0.3, -0.25) is 0 Å². The molecule has 0 unspecified atom stereocenters. The van der Waals surface area contributed by atoms with Gasteiger partial charge in [0.1, 0.15) is 0 Å². The minimum absolute atomic E-state index is 0.542. The van der Waals surface area contributed by atoms with Crippen LogP contribution in [-0.2, 0) is 0 Å². The first-order valence-electron chi connectivity index (χ1n) is 21.3. The van der Waals surface area contributed by atoms with Crippen molar-refractivity contribution in [3.63, 3.8) is 0 Å². The molecule has 0 saturated carbocycles. The Hall–Kier alpha value is 0. The second kappa shape index (κ2) is 58.2. The topological polar surface area (TPSA) is 0 Å². The van der Waals surface area contributed by atoms with Crippen LogP contribution >= 0.6 is 0 Å². The molecule has 0 fully saturated rings. The maximum absolute atomic E-state index is 2.28. The van der Waals surface area contributed by atoms with Crippen LogP contribution in [0.15, 0.2) is 0 Å². The fraction of sp³-hybridized carbons (Fsp3) is 1.00. The van der Waals surface area contributed by atoms with Gasteiger partial charge in [0.25, 0.3) is 0 Å². The van der Waals surface area contributed by atoms with E-state index in [1.54, 1.807) is 0 Å². The van der Waals surface area contributed by atoms with Crippen LogP contribution in [0, 0.1) is 40.4 Å². The number of unbranched alkanes of at least 4 members (excludes halogenated alkanes) is 3. The van der Waals surface area contributed by atoms with Gasteiger partial charge in [0.05, 0.1) is 0 Å². The Kier molecular flexibility index (Phi) is 85.3. The molecule has 0 saturated heterocycles. The first-order valence-corrected chi connectivity index (χ1v) is 21.3. The summed E-state index contributed by atoms with van der Waals surface area (Å²) in [6.45, 7) is 59.9. The summed E-state index contributed by atoms with van der Waals surface area (Å²) in [5, 5.41) is 0. The van der Waals surface area contributed by atoms with Crippen LogP contribution in [0.5, 0.6) is 0 Å². The Balaban J connectivity index is -0.0000000496. The third-order valence-electron chi connectivity index (χ3n) is 7.22. The third-order valence-corrected chi connectivity index (χ3v) is 7.22. The molecule has 0 heterocycles. The largest absolute Gasteiger partial charge is 0.0654 e. The molecule has 0 amide bonds. The predicted molar refractivity (Wildman–Crippen MR) is 236 cm³/mol. The van der Waals surface area contributed by atoms with E-state index >= 15 is 0 Å². The van der Waals surface area contributed by atoms with Gasteiger partial charge in [-0.15, -0.1) is 0 Å². The summed E-state index contributed by atoms with van der Waals surface area (Å²) in [5.41, 5.74) is 1.08. The second-order valence-electron chi connectivity index (χ2n) is 17.6. The quantitative estimate of drug-likeness (QED) is 0.228. The summed E-state index contributed by atoms with van der Waals surface area (Å²) in [5.74, 6) is 4.44. The molecule has 0 aromatic rings. The zero-order chi connectivity index (χ0) is 40.1. The molecule has 47 heavy (non-hydrogen) atoms. The molecule has 0 spiro atoms. The highest BCUT2D eigenvalue weighted by molar-refractivity contribution is 4.55. The summed E-state index contributed by atoms with van der Waals surface area (Å²) in [6, 6.07) is 0. The average molecular weight is 677 g/mol. The normalized spacial score (nSPS) is 9.96. The molecule has 0 aliphatic carbocycles. The van der Waals surface area contributed by atoms with Gasteiger partial charge in [-0.05, 0) is 40.4 Å². The van der Waals surface area contributed by atoms with Gasteiger partial charge >= 0.3 is 0 Å². The van der Waals surface area contributed by atoms with E-state index in [0.717, 1.165) is 29.6 Å². The highest BCUT2D eigenvalue weighted by Crippen LogP contribution is 2.16. The highest BCUT2D eigenvalue weighted by atomic mass is 14.1. The Morgan fingerprint density at radius 1 is 0.340 bits per heavy atom. The Morgan fingerprint density at radius 2 is 0.553 bits per heavy atom. The average Bonchev–Trinajstić information content (AvgIpc) is 2.98. The van der Waals surface area contributed by atoms with Crippen molar-refractivity contribution in [1.82, 2.24) is 0 Å². The zero-order valence-corrected chi connectivity index (χ0v) is 40.1. The highest BCUT2D eigenvalue weighted by Gasteiger charge is 2.03. The van der Waals surface area contributed by atoms with Crippen LogP contribution in [0.2, 0.25) is 0 Å². The minimum atomic E-state index is 0.542. The summed E-state index contributed by atoms with van der Waals surface area (Å²) in [4.78, 5) is 0. The molecule has 0 bridgehead atoms. The standard InChI is InChI=1S/4C6H14.3C5H12.2C4H10/c2*1-5-6(2,3)4;1-4-5-6(2)3;1-4-6(3)5-2;2*1-4-5(2)3;1-3-5-4-2;1-4(2)3;1-3-4-2/h2*5H2,1-4H3;2*6H,4-5H2,1-3H3;2*5H,4H2,1-3H3;3-5H2,1-2H3;4H,1-3H3;3-4H2,1-2H3. The van der Waals surface area contributed by atoms with E-state index < -0.39 is 0 Å². The lowest BCUT2D eigenvalue weighted by Crippen LogP contribution is -2.00. The molecular formula is C47H112. The predicted octanol–water partition coefficient (Wildman–Crippen LogP) is 19.5. The van der Waals surface area contributed by atoms with Crippen molar-refractivity contribution in [1.29, 1.82) is 0 Å². The van der Waals surface area contributed by atoms with Crippen molar-refractivity contribution in [2.45, 2.75) is 270 Å². The summed E-state index contributed by atoms with van der Waals surface area (Å²) >= 11 is 0. The van der Waals surface area contributed by atoms with Gasteiger partial charge in [0, 0.05) is 0 Å². The number of hydrogen-bond donors (Lipinski definition) is 0. The first-order chi connectivity index (χ1) is 21.3. The third kappa shape index (κ3) is 223. The van der Waals surface area contributed by atoms with Crippen molar-refractivity contribution in [3.05, 3.63) is 0 Å². The van der Waals surface area contributed by atoms with E-state index in [-0.39, 0.29) is 0 Å². The lowest BCUT2D eigenvalue weighted by atomic mass is 9.94. The van der Waals surface area contributed by atoms with E-state index in [4.69, 9.17) is 0 Å². The van der Waals surface area contributed by atoms with E-state index in [2.05, 4.69) is 187 Å². The maximum atomic E-state index is 2.28. The van der Waals surface area contributed by atoms with Gasteiger partial charge < -0.3 is 0 Å². The lowest BCUT2D eigenvalue weighted by molar-refractivity contribution is 0.397. The SMILES string of the molecule is CC(C)C.CCC(C)(C)C.CCC(C)(C)C.CCC(C)C.CCC(C)C.CCC(C)CC.CCCC.CCCC(C)C.CCCCC. The van der Waals surface area contributed by atoms with E-state index in [1.807, 2.05) is 0 Å². The van der Waals surface area contributed by atoms with Crippen LogP contribution in [0.25, 0.3) is 0 Å². The number of hydrogen-bond acceptors (Lipinski definition) is 0. The molecule has 0 aromatic heterocycles. The van der Waals surface area contributed by atoms with Crippen molar-refractivity contribution >= 4 is 0 Å². The van der Waals surface area contributed by atoms with Crippen molar-refractivity contribution in [2.24, 2.45) is 40.4 Å².